The molecule has 0 aromatic carbocycles. The van der Waals surface area contributed by atoms with Crippen LogP contribution in [-0.4, -0.2) is 205 Å². The number of nitrogens with zero attached hydrogens (tertiary/aromatic N) is 2. The highest BCUT2D eigenvalue weighted by Gasteiger charge is 2.23. The van der Waals surface area contributed by atoms with Gasteiger partial charge in [0, 0.05) is 57.8 Å². The summed E-state index contributed by atoms with van der Waals surface area (Å²) in [6.45, 7) is 10.1. The van der Waals surface area contributed by atoms with Crippen molar-refractivity contribution < 1.29 is 66.5 Å². The lowest BCUT2D eigenvalue weighted by molar-refractivity contribution is -0.137. The van der Waals surface area contributed by atoms with Crippen molar-refractivity contribution in [3.63, 3.8) is 0 Å². The van der Waals surface area contributed by atoms with Crippen LogP contribution in [0.1, 0.15) is 12.8 Å². The van der Waals surface area contributed by atoms with Crippen LogP contribution in [0.5, 0.6) is 0 Å². The van der Waals surface area contributed by atoms with Crippen LogP contribution in [0.2, 0.25) is 0 Å². The summed E-state index contributed by atoms with van der Waals surface area (Å²) in [7, 11) is 0. The second-order valence-electron chi connectivity index (χ2n) is 11.1. The number of hydrogen-bond acceptors (Lipinski definition) is 16. The van der Waals surface area contributed by atoms with Crippen LogP contribution >= 0.6 is 0 Å². The van der Waals surface area contributed by atoms with Crippen LogP contribution in [0.3, 0.4) is 0 Å². The van der Waals surface area contributed by atoms with Crippen molar-refractivity contribution in [1.29, 1.82) is 0 Å². The van der Waals surface area contributed by atoms with E-state index in [0.29, 0.717) is 158 Å². The third-order valence-electron chi connectivity index (χ3n) is 6.98. The highest BCUT2D eigenvalue weighted by molar-refractivity contribution is 6.13. The Morgan fingerprint density at radius 1 is 0.509 bits per heavy atom. The summed E-state index contributed by atoms with van der Waals surface area (Å²) >= 11 is 0. The molecule has 53 heavy (non-hydrogen) atoms. The number of imide groups is 1. The van der Waals surface area contributed by atoms with E-state index in [2.05, 4.69) is 5.32 Å². The monoisotopic (exact) mass is 765 g/mol. The summed E-state index contributed by atoms with van der Waals surface area (Å²) < 4.78 is 54.7. The first-order valence-electron chi connectivity index (χ1n) is 18.2. The average Bonchev–Trinajstić information content (AvgIpc) is 3.48. The van der Waals surface area contributed by atoms with Gasteiger partial charge in [-0.25, -0.2) is 0 Å². The maximum Gasteiger partial charge on any atom is 0.253 e. The number of carbonyl (C=O) groups is 4. The molecule has 0 saturated carbocycles. The second-order valence-corrected chi connectivity index (χ2v) is 11.1. The molecule has 1 rings (SSSR count). The van der Waals surface area contributed by atoms with E-state index in [0.717, 1.165) is 4.90 Å². The summed E-state index contributed by atoms with van der Waals surface area (Å²) in [5, 5.41) is 2.67. The van der Waals surface area contributed by atoms with E-state index in [4.69, 9.17) is 58.8 Å². The maximum atomic E-state index is 12.9. The third kappa shape index (κ3) is 29.4. The molecular weight excluding hydrogens is 702 g/mol. The molecule has 0 atom stereocenters. The molecule has 0 aliphatic carbocycles. The van der Waals surface area contributed by atoms with E-state index in [1.165, 1.54) is 12.2 Å². The van der Waals surface area contributed by atoms with Crippen molar-refractivity contribution in [2.75, 3.05) is 171 Å². The van der Waals surface area contributed by atoms with Crippen molar-refractivity contribution in [3.05, 3.63) is 12.2 Å². The Bertz CT molecular complexity index is 923. The second kappa shape index (κ2) is 36.3. The van der Waals surface area contributed by atoms with Gasteiger partial charge in [-0.2, -0.15) is 0 Å². The van der Waals surface area contributed by atoms with E-state index in [9.17, 15) is 19.2 Å². The summed E-state index contributed by atoms with van der Waals surface area (Å²) in [5.41, 5.74) is 10.8. The fraction of sp³-hybridized carbons (Fsp3) is 0.824. The molecular formula is C34H63N5O14. The lowest BCUT2D eigenvalue weighted by Crippen LogP contribution is -2.37. The summed E-state index contributed by atoms with van der Waals surface area (Å²) in [6.07, 6.45) is 2.62. The molecule has 4 amide bonds. The molecule has 0 unspecified atom stereocenters. The first-order valence-corrected chi connectivity index (χ1v) is 18.2. The Labute approximate surface area is 313 Å². The Morgan fingerprint density at radius 3 is 1.28 bits per heavy atom. The SMILES string of the molecule is NCCOCCOCCOCCN(CCOCCOCCOCCN)C(=O)CCOCCOCCOCCOCCNC(=O)CCN1C(=O)C=CC1=O. The van der Waals surface area contributed by atoms with E-state index < -0.39 is 11.8 Å². The van der Waals surface area contributed by atoms with Gasteiger partial charge in [0.15, 0.2) is 0 Å². The number of nitrogens with two attached hydrogens (primary N) is 2. The largest absolute Gasteiger partial charge is 0.379 e. The standard InChI is InChI=1S/C34H63N5O14/c35-5-12-45-18-24-51-27-21-48-15-9-38(10-16-49-22-28-52-25-19-46-13-6-36)32(41)4-11-44-17-23-50-29-30-53-26-20-47-14-7-37-31(40)3-8-39-33(42)1-2-34(39)43/h1-2H,3-30,35-36H2,(H,37,40). The lowest BCUT2D eigenvalue weighted by atomic mass is 10.3. The molecule has 0 bridgehead atoms. The maximum absolute atomic E-state index is 12.9. The number of amides is 4. The number of carbonyl (C=O) groups excluding carboxylic acids is 4. The van der Waals surface area contributed by atoms with Crippen LogP contribution in [0.25, 0.3) is 0 Å². The van der Waals surface area contributed by atoms with E-state index in [1.807, 2.05) is 0 Å². The molecule has 0 radical (unpaired) electrons. The lowest BCUT2D eigenvalue weighted by Gasteiger charge is -2.23. The van der Waals surface area contributed by atoms with Crippen LogP contribution in [0.4, 0.5) is 0 Å². The van der Waals surface area contributed by atoms with Crippen LogP contribution in [-0.2, 0) is 66.5 Å². The highest BCUT2D eigenvalue weighted by atomic mass is 16.6. The molecule has 19 heteroatoms. The van der Waals surface area contributed by atoms with Crippen molar-refractivity contribution in [2.24, 2.45) is 11.5 Å². The fourth-order valence-electron chi connectivity index (χ4n) is 4.26. The van der Waals surface area contributed by atoms with Crippen LogP contribution in [0, 0.1) is 0 Å². The highest BCUT2D eigenvalue weighted by Crippen LogP contribution is 2.04. The van der Waals surface area contributed by atoms with E-state index in [-0.39, 0.29) is 37.8 Å². The molecule has 0 fully saturated rings. The molecule has 0 aromatic heterocycles. The predicted octanol–water partition coefficient (Wildman–Crippen LogP) is -2.28. The Kier molecular flexibility index (Phi) is 33.1. The normalized spacial score (nSPS) is 12.7. The zero-order chi connectivity index (χ0) is 38.5. The number of hydrogen-bond donors (Lipinski definition) is 3. The van der Waals surface area contributed by atoms with Gasteiger partial charge in [-0.1, -0.05) is 0 Å². The zero-order valence-electron chi connectivity index (χ0n) is 31.2. The molecule has 1 aliphatic rings. The minimum Gasteiger partial charge on any atom is -0.379 e. The summed E-state index contributed by atoms with van der Waals surface area (Å²) in [5.74, 6) is -1.15. The van der Waals surface area contributed by atoms with Crippen LogP contribution in [0.15, 0.2) is 12.2 Å². The Hall–Kier alpha value is -2.66. The molecule has 19 nitrogen and oxygen atoms in total. The molecule has 1 heterocycles. The molecule has 0 aromatic rings. The third-order valence-corrected chi connectivity index (χ3v) is 6.98. The van der Waals surface area contributed by atoms with Crippen molar-refractivity contribution in [1.82, 2.24) is 15.1 Å². The predicted molar refractivity (Wildman–Crippen MR) is 191 cm³/mol. The van der Waals surface area contributed by atoms with Gasteiger partial charge in [0.2, 0.25) is 11.8 Å². The molecule has 308 valence electrons. The Balaban J connectivity index is 2.06. The minimum absolute atomic E-state index is 0.0346. The smallest absolute Gasteiger partial charge is 0.253 e. The van der Waals surface area contributed by atoms with Crippen molar-refractivity contribution in [3.8, 4) is 0 Å². The number of nitrogens with one attached hydrogen (secondary N) is 1. The van der Waals surface area contributed by atoms with Crippen LogP contribution < -0.4 is 16.8 Å². The van der Waals surface area contributed by atoms with Gasteiger partial charge in [-0.05, 0) is 0 Å². The van der Waals surface area contributed by atoms with E-state index in [1.54, 1.807) is 4.90 Å². The molecule has 5 N–H and O–H groups in total. The average molecular weight is 766 g/mol. The van der Waals surface area contributed by atoms with Crippen molar-refractivity contribution >= 4 is 23.6 Å². The molecule has 0 spiro atoms. The molecule has 0 saturated heterocycles. The van der Waals surface area contributed by atoms with Gasteiger partial charge in [-0.15, -0.1) is 0 Å². The van der Waals surface area contributed by atoms with Gasteiger partial charge in [0.1, 0.15) is 0 Å². The van der Waals surface area contributed by atoms with Gasteiger partial charge in [0.25, 0.3) is 11.8 Å². The molecule has 1 aliphatic heterocycles. The minimum atomic E-state index is -0.409. The topological polar surface area (TPSA) is 231 Å². The zero-order valence-corrected chi connectivity index (χ0v) is 31.2. The van der Waals surface area contributed by atoms with Gasteiger partial charge >= 0.3 is 0 Å². The fourth-order valence-corrected chi connectivity index (χ4v) is 4.26. The van der Waals surface area contributed by atoms with Gasteiger partial charge in [-0.3, -0.25) is 24.1 Å². The first kappa shape index (κ1) is 48.4. The summed E-state index contributed by atoms with van der Waals surface area (Å²) in [6, 6.07) is 0. The van der Waals surface area contributed by atoms with Crippen molar-refractivity contribution in [2.45, 2.75) is 12.8 Å². The summed E-state index contributed by atoms with van der Waals surface area (Å²) in [4.78, 5) is 50.4. The quantitative estimate of drug-likeness (QED) is 0.0441. The number of ether oxygens (including phenoxy) is 10. The number of rotatable bonds is 40. The Morgan fingerprint density at radius 2 is 0.868 bits per heavy atom. The van der Waals surface area contributed by atoms with E-state index >= 15 is 0 Å². The van der Waals surface area contributed by atoms with Gasteiger partial charge in [0.05, 0.1) is 139 Å². The van der Waals surface area contributed by atoms with Gasteiger partial charge < -0.3 is 69.1 Å². The first-order chi connectivity index (χ1) is 26.0.